The van der Waals surface area contributed by atoms with Crippen LogP contribution in [0.3, 0.4) is 0 Å². The lowest BCUT2D eigenvalue weighted by atomic mass is 10.2. The molecule has 0 atom stereocenters. The monoisotopic (exact) mass is 284 g/mol. The van der Waals surface area contributed by atoms with Crippen LogP contribution in [0.5, 0.6) is 0 Å². The van der Waals surface area contributed by atoms with Gasteiger partial charge < -0.3 is 9.84 Å². The Morgan fingerprint density at radius 2 is 2.33 bits per heavy atom. The molecular formula is C12H13ClN2O2S. The van der Waals surface area contributed by atoms with Crippen LogP contribution < -0.4 is 5.32 Å². The Balaban J connectivity index is 2.08. The quantitative estimate of drug-likeness (QED) is 0.936. The van der Waals surface area contributed by atoms with Crippen molar-refractivity contribution in [1.82, 2.24) is 10.5 Å². The molecule has 1 amide bonds. The summed E-state index contributed by atoms with van der Waals surface area (Å²) >= 11 is 7.23. The van der Waals surface area contributed by atoms with Gasteiger partial charge in [-0.25, -0.2) is 0 Å². The van der Waals surface area contributed by atoms with Gasteiger partial charge in [-0.2, -0.15) is 0 Å². The lowest BCUT2D eigenvalue weighted by molar-refractivity contribution is 0.0940. The van der Waals surface area contributed by atoms with Crippen molar-refractivity contribution in [2.45, 2.75) is 13.8 Å². The smallest absolute Gasteiger partial charge is 0.273 e. The molecular weight excluding hydrogens is 272 g/mol. The molecule has 2 aromatic rings. The van der Waals surface area contributed by atoms with Crippen molar-refractivity contribution in [2.24, 2.45) is 5.92 Å². The molecule has 0 aliphatic rings. The first-order valence-electron chi connectivity index (χ1n) is 5.57. The van der Waals surface area contributed by atoms with Crippen molar-refractivity contribution in [2.75, 3.05) is 6.54 Å². The van der Waals surface area contributed by atoms with Gasteiger partial charge >= 0.3 is 0 Å². The number of thiophene rings is 1. The summed E-state index contributed by atoms with van der Waals surface area (Å²) in [5.41, 5.74) is 0.287. The summed E-state index contributed by atoms with van der Waals surface area (Å²) in [7, 11) is 0. The highest BCUT2D eigenvalue weighted by molar-refractivity contribution is 7.19. The van der Waals surface area contributed by atoms with Crippen molar-refractivity contribution < 1.29 is 9.32 Å². The zero-order valence-corrected chi connectivity index (χ0v) is 11.6. The average Bonchev–Trinajstić information content (AvgIpc) is 2.93. The van der Waals surface area contributed by atoms with Crippen LogP contribution in [0.2, 0.25) is 4.34 Å². The van der Waals surface area contributed by atoms with Crippen molar-refractivity contribution in [3.63, 3.8) is 0 Å². The molecule has 0 unspecified atom stereocenters. The molecule has 4 nitrogen and oxygen atoms in total. The van der Waals surface area contributed by atoms with E-state index in [1.807, 2.05) is 19.9 Å². The third-order valence-electron chi connectivity index (χ3n) is 2.23. The maximum Gasteiger partial charge on any atom is 0.273 e. The fourth-order valence-electron chi connectivity index (χ4n) is 1.33. The predicted molar refractivity (Wildman–Crippen MR) is 72.0 cm³/mol. The number of carbonyl (C=O) groups is 1. The van der Waals surface area contributed by atoms with E-state index in [1.165, 1.54) is 11.3 Å². The molecule has 0 radical (unpaired) electrons. The van der Waals surface area contributed by atoms with E-state index >= 15 is 0 Å². The molecule has 0 saturated carbocycles. The molecule has 0 aliphatic carbocycles. The van der Waals surface area contributed by atoms with Gasteiger partial charge in [-0.3, -0.25) is 4.79 Å². The van der Waals surface area contributed by atoms with Crippen LogP contribution in [0.4, 0.5) is 0 Å². The molecule has 0 bridgehead atoms. The van der Waals surface area contributed by atoms with Crippen molar-refractivity contribution >= 4 is 28.8 Å². The molecule has 6 heteroatoms. The number of carbonyl (C=O) groups excluding carboxylic acids is 1. The molecule has 2 aromatic heterocycles. The molecule has 0 aliphatic heterocycles. The minimum atomic E-state index is -0.221. The van der Waals surface area contributed by atoms with Crippen LogP contribution in [0.25, 0.3) is 10.6 Å². The number of nitrogens with one attached hydrogen (secondary N) is 1. The van der Waals surface area contributed by atoms with Crippen LogP contribution in [0.1, 0.15) is 24.3 Å². The molecule has 0 spiro atoms. The van der Waals surface area contributed by atoms with Gasteiger partial charge in [0.05, 0.1) is 9.21 Å². The Labute approximate surface area is 114 Å². The zero-order valence-electron chi connectivity index (χ0n) is 10.1. The number of hydrogen-bond donors (Lipinski definition) is 1. The predicted octanol–water partition coefficient (Wildman–Crippen LogP) is 3.44. The summed E-state index contributed by atoms with van der Waals surface area (Å²) in [4.78, 5) is 12.6. The standard InChI is InChI=1S/C12H13ClN2O2S/c1-7(2)6-14-12(16)8-5-9(17-15-8)10-3-4-11(13)18-10/h3-5,7H,6H2,1-2H3,(H,14,16). The van der Waals surface area contributed by atoms with Crippen LogP contribution in [0, 0.1) is 5.92 Å². The zero-order chi connectivity index (χ0) is 13.1. The Kier molecular flexibility index (Phi) is 4.04. The number of nitrogens with zero attached hydrogens (tertiary/aromatic N) is 1. The highest BCUT2D eigenvalue weighted by atomic mass is 35.5. The molecule has 2 rings (SSSR count). The highest BCUT2D eigenvalue weighted by Gasteiger charge is 2.14. The first kappa shape index (κ1) is 13.1. The number of amides is 1. The Bertz CT molecular complexity index is 548. The molecule has 0 saturated heterocycles. The van der Waals surface area contributed by atoms with Crippen LogP contribution in [-0.2, 0) is 0 Å². The number of aromatic nitrogens is 1. The number of hydrogen-bond acceptors (Lipinski definition) is 4. The van der Waals surface area contributed by atoms with Gasteiger partial charge in [-0.05, 0) is 18.1 Å². The second-order valence-corrected chi connectivity index (χ2v) is 6.00. The van der Waals surface area contributed by atoms with E-state index in [2.05, 4.69) is 10.5 Å². The van der Waals surface area contributed by atoms with Gasteiger partial charge in [0.2, 0.25) is 0 Å². The van der Waals surface area contributed by atoms with Gasteiger partial charge in [0, 0.05) is 12.6 Å². The van der Waals surface area contributed by atoms with Crippen LogP contribution >= 0.6 is 22.9 Å². The van der Waals surface area contributed by atoms with Crippen molar-refractivity contribution in [3.8, 4) is 10.6 Å². The minimum absolute atomic E-state index is 0.221. The largest absolute Gasteiger partial charge is 0.355 e. The topological polar surface area (TPSA) is 55.1 Å². The third kappa shape index (κ3) is 3.11. The molecule has 2 heterocycles. The summed E-state index contributed by atoms with van der Waals surface area (Å²) < 4.78 is 5.81. The fraction of sp³-hybridized carbons (Fsp3) is 0.333. The molecule has 0 fully saturated rings. The van der Waals surface area contributed by atoms with Gasteiger partial charge in [-0.15, -0.1) is 11.3 Å². The number of halogens is 1. The van der Waals surface area contributed by atoms with Gasteiger partial charge in [0.25, 0.3) is 5.91 Å². The lowest BCUT2D eigenvalue weighted by Gasteiger charge is -2.04. The summed E-state index contributed by atoms with van der Waals surface area (Å²) in [5.74, 6) is 0.736. The van der Waals surface area contributed by atoms with Crippen molar-refractivity contribution in [3.05, 3.63) is 28.2 Å². The normalized spacial score (nSPS) is 10.9. The average molecular weight is 285 g/mol. The van der Waals surface area contributed by atoms with Gasteiger partial charge in [-0.1, -0.05) is 30.6 Å². The maximum absolute atomic E-state index is 11.7. The second kappa shape index (κ2) is 5.54. The highest BCUT2D eigenvalue weighted by Crippen LogP contribution is 2.31. The summed E-state index contributed by atoms with van der Waals surface area (Å²) in [6.45, 7) is 4.68. The second-order valence-electron chi connectivity index (χ2n) is 4.28. The van der Waals surface area contributed by atoms with Crippen LogP contribution in [-0.4, -0.2) is 17.6 Å². The van der Waals surface area contributed by atoms with E-state index in [0.29, 0.717) is 22.6 Å². The SMILES string of the molecule is CC(C)CNC(=O)c1cc(-c2ccc(Cl)s2)on1. The van der Waals surface area contributed by atoms with E-state index in [9.17, 15) is 4.79 Å². The molecule has 96 valence electrons. The molecule has 18 heavy (non-hydrogen) atoms. The Morgan fingerprint density at radius 1 is 1.56 bits per heavy atom. The molecule has 1 N–H and O–H groups in total. The van der Waals surface area contributed by atoms with E-state index < -0.39 is 0 Å². The molecule has 0 aromatic carbocycles. The lowest BCUT2D eigenvalue weighted by Crippen LogP contribution is -2.27. The maximum atomic E-state index is 11.7. The van der Waals surface area contributed by atoms with Gasteiger partial charge in [0.15, 0.2) is 11.5 Å². The summed E-state index contributed by atoms with van der Waals surface area (Å²) in [5, 5.41) is 6.54. The summed E-state index contributed by atoms with van der Waals surface area (Å²) in [6, 6.07) is 5.24. The fourth-order valence-corrected chi connectivity index (χ4v) is 2.32. The van der Waals surface area contributed by atoms with E-state index in [1.54, 1.807) is 12.1 Å². The summed E-state index contributed by atoms with van der Waals surface area (Å²) in [6.07, 6.45) is 0. The van der Waals surface area contributed by atoms with Crippen LogP contribution in [0.15, 0.2) is 22.7 Å². The van der Waals surface area contributed by atoms with E-state index in [-0.39, 0.29) is 11.6 Å². The first-order chi connectivity index (χ1) is 8.56. The van der Waals surface area contributed by atoms with Gasteiger partial charge in [0.1, 0.15) is 0 Å². The Hall–Kier alpha value is -1.33. The van der Waals surface area contributed by atoms with E-state index in [4.69, 9.17) is 16.1 Å². The number of rotatable bonds is 4. The van der Waals surface area contributed by atoms with Crippen molar-refractivity contribution in [1.29, 1.82) is 0 Å². The first-order valence-corrected chi connectivity index (χ1v) is 6.76. The minimum Gasteiger partial charge on any atom is -0.355 e. The van der Waals surface area contributed by atoms with E-state index in [0.717, 1.165) is 4.88 Å². The third-order valence-corrected chi connectivity index (χ3v) is 3.48. The Morgan fingerprint density at radius 3 is 2.94 bits per heavy atom.